The Hall–Kier alpha value is -2.08. The number of nitro groups is 1. The molecule has 1 aromatic carbocycles. The molecule has 0 aromatic heterocycles. The van der Waals surface area contributed by atoms with Crippen LogP contribution in [0, 0.1) is 17.0 Å². The first-order valence-corrected chi connectivity index (χ1v) is 6.15. The second kappa shape index (κ2) is 5.27. The number of aryl methyl sites for hydroxylation is 1. The van der Waals surface area contributed by atoms with Crippen LogP contribution in [0.25, 0.3) is 0 Å². The van der Waals surface area contributed by atoms with E-state index < -0.39 is 0 Å². The molecule has 1 aliphatic heterocycles. The van der Waals surface area contributed by atoms with Crippen molar-refractivity contribution >= 4 is 5.69 Å². The summed E-state index contributed by atoms with van der Waals surface area (Å²) in [7, 11) is 1.99. The van der Waals surface area contributed by atoms with Crippen LogP contribution in [0.1, 0.15) is 18.1 Å². The Balaban J connectivity index is 2.12. The molecule has 2 rings (SSSR count). The van der Waals surface area contributed by atoms with Crippen molar-refractivity contribution in [1.82, 2.24) is 15.3 Å². The van der Waals surface area contributed by atoms with Crippen molar-refractivity contribution < 1.29 is 4.92 Å². The monoisotopic (exact) mass is 262 g/mol. The molecule has 1 aliphatic rings. The number of nitrogens with one attached hydrogen (secondary N) is 1. The topological polar surface area (TPSA) is 61.7 Å². The third-order valence-electron chi connectivity index (χ3n) is 3.48. The van der Waals surface area contributed by atoms with Gasteiger partial charge in [-0.15, -0.1) is 0 Å². The van der Waals surface area contributed by atoms with E-state index in [9.17, 15) is 10.1 Å². The molecule has 6 heteroatoms. The van der Waals surface area contributed by atoms with Crippen molar-refractivity contribution in [3.05, 3.63) is 51.8 Å². The standard InChI is InChI=1S/C13H18N4O2/c1-10-5-4-6-13(17(18)19)12(10)9-14-16-8-7-15(3)11(16)2/h4-8,11,14H,9H2,1-3H3. The molecule has 0 saturated carbocycles. The minimum absolute atomic E-state index is 0.164. The first-order chi connectivity index (χ1) is 9.00. The van der Waals surface area contributed by atoms with Gasteiger partial charge in [-0.3, -0.25) is 15.1 Å². The zero-order chi connectivity index (χ0) is 14.0. The van der Waals surface area contributed by atoms with Crippen LogP contribution in [0.4, 0.5) is 5.69 Å². The lowest BCUT2D eigenvalue weighted by molar-refractivity contribution is -0.385. The number of rotatable bonds is 4. The van der Waals surface area contributed by atoms with Gasteiger partial charge in [0.25, 0.3) is 5.69 Å². The number of nitrogens with zero attached hydrogens (tertiary/aromatic N) is 3. The van der Waals surface area contributed by atoms with Crippen molar-refractivity contribution in [3.8, 4) is 0 Å². The normalized spacial score (nSPS) is 18.2. The Kier molecular flexibility index (Phi) is 3.71. The summed E-state index contributed by atoms with van der Waals surface area (Å²) >= 11 is 0. The number of hydrogen-bond donors (Lipinski definition) is 1. The summed E-state index contributed by atoms with van der Waals surface area (Å²) in [5.74, 6) is 0. The van der Waals surface area contributed by atoms with Gasteiger partial charge in [0.2, 0.25) is 0 Å². The van der Waals surface area contributed by atoms with Crippen LogP contribution in [-0.4, -0.2) is 28.0 Å². The Morgan fingerprint density at radius 3 is 2.74 bits per heavy atom. The van der Waals surface area contributed by atoms with Gasteiger partial charge in [0.15, 0.2) is 0 Å². The van der Waals surface area contributed by atoms with E-state index in [4.69, 9.17) is 0 Å². The van der Waals surface area contributed by atoms with Gasteiger partial charge in [-0.1, -0.05) is 12.1 Å². The molecular weight excluding hydrogens is 244 g/mol. The third-order valence-corrected chi connectivity index (χ3v) is 3.48. The summed E-state index contributed by atoms with van der Waals surface area (Å²) < 4.78 is 0. The Labute approximate surface area is 112 Å². The van der Waals surface area contributed by atoms with Crippen molar-refractivity contribution in [2.45, 2.75) is 26.6 Å². The molecule has 0 aliphatic carbocycles. The highest BCUT2D eigenvalue weighted by Crippen LogP contribution is 2.22. The van der Waals surface area contributed by atoms with Crippen LogP contribution in [-0.2, 0) is 6.54 Å². The molecule has 0 radical (unpaired) electrons. The summed E-state index contributed by atoms with van der Waals surface area (Å²) in [4.78, 5) is 12.7. The summed E-state index contributed by atoms with van der Waals surface area (Å²) in [6, 6.07) is 5.14. The van der Waals surface area contributed by atoms with E-state index in [0.717, 1.165) is 11.1 Å². The molecule has 1 atom stereocenters. The second-order valence-electron chi connectivity index (χ2n) is 4.67. The van der Waals surface area contributed by atoms with Crippen LogP contribution in [0.3, 0.4) is 0 Å². The van der Waals surface area contributed by atoms with Crippen molar-refractivity contribution in [2.24, 2.45) is 0 Å². The molecular formula is C13H18N4O2. The Bertz CT molecular complexity index is 515. The molecule has 0 saturated heterocycles. The maximum atomic E-state index is 11.0. The maximum Gasteiger partial charge on any atom is 0.274 e. The van der Waals surface area contributed by atoms with E-state index in [-0.39, 0.29) is 16.8 Å². The predicted octanol–water partition coefficient (Wildman–Crippen LogP) is 1.97. The SMILES string of the molecule is Cc1cccc([N+](=O)[O-])c1CNN1C=CN(C)C1C. The lowest BCUT2D eigenvalue weighted by Crippen LogP contribution is -2.42. The third kappa shape index (κ3) is 2.68. The predicted molar refractivity (Wildman–Crippen MR) is 72.9 cm³/mol. The summed E-state index contributed by atoms with van der Waals surface area (Å²) in [6.45, 7) is 4.38. The number of hydrazine groups is 1. The summed E-state index contributed by atoms with van der Waals surface area (Å²) in [5.41, 5.74) is 5.02. The van der Waals surface area contributed by atoms with E-state index in [2.05, 4.69) is 17.2 Å². The first-order valence-electron chi connectivity index (χ1n) is 6.15. The second-order valence-corrected chi connectivity index (χ2v) is 4.67. The Morgan fingerprint density at radius 1 is 1.42 bits per heavy atom. The lowest BCUT2D eigenvalue weighted by Gasteiger charge is -2.27. The zero-order valence-corrected chi connectivity index (χ0v) is 11.3. The maximum absolute atomic E-state index is 11.0. The largest absolute Gasteiger partial charge is 0.358 e. The van der Waals surface area contributed by atoms with Gasteiger partial charge in [0.1, 0.15) is 6.17 Å². The molecule has 102 valence electrons. The zero-order valence-electron chi connectivity index (χ0n) is 11.3. The summed E-state index contributed by atoms with van der Waals surface area (Å²) in [6.07, 6.45) is 4.08. The van der Waals surface area contributed by atoms with Gasteiger partial charge in [-0.25, -0.2) is 5.43 Å². The molecule has 19 heavy (non-hydrogen) atoms. The number of hydrogen-bond acceptors (Lipinski definition) is 5. The molecule has 1 heterocycles. The first kappa shape index (κ1) is 13.4. The average Bonchev–Trinajstić information content (AvgIpc) is 2.68. The van der Waals surface area contributed by atoms with Gasteiger partial charge in [0.05, 0.1) is 4.92 Å². The quantitative estimate of drug-likeness (QED) is 0.664. The summed E-state index contributed by atoms with van der Waals surface area (Å²) in [5, 5.41) is 13.0. The molecule has 1 aromatic rings. The number of benzene rings is 1. The Morgan fingerprint density at radius 2 is 2.16 bits per heavy atom. The fraction of sp³-hybridized carbons (Fsp3) is 0.385. The molecule has 0 spiro atoms. The molecule has 0 fully saturated rings. The fourth-order valence-corrected chi connectivity index (χ4v) is 2.07. The van der Waals surface area contributed by atoms with Crippen LogP contribution in [0.5, 0.6) is 0 Å². The fourth-order valence-electron chi connectivity index (χ4n) is 2.07. The average molecular weight is 262 g/mol. The lowest BCUT2D eigenvalue weighted by atomic mass is 10.1. The van der Waals surface area contributed by atoms with Crippen molar-refractivity contribution in [2.75, 3.05) is 7.05 Å². The van der Waals surface area contributed by atoms with E-state index in [1.807, 2.05) is 37.4 Å². The van der Waals surface area contributed by atoms with Crippen molar-refractivity contribution in [1.29, 1.82) is 0 Å². The smallest absolute Gasteiger partial charge is 0.274 e. The highest BCUT2D eigenvalue weighted by Gasteiger charge is 2.20. The molecule has 0 bridgehead atoms. The minimum atomic E-state index is -0.334. The highest BCUT2D eigenvalue weighted by atomic mass is 16.6. The van der Waals surface area contributed by atoms with Crippen LogP contribution in [0.15, 0.2) is 30.6 Å². The minimum Gasteiger partial charge on any atom is -0.358 e. The molecule has 0 amide bonds. The molecule has 6 nitrogen and oxygen atoms in total. The molecule has 1 N–H and O–H groups in total. The van der Waals surface area contributed by atoms with Gasteiger partial charge in [-0.05, 0) is 19.4 Å². The van der Waals surface area contributed by atoms with E-state index in [1.54, 1.807) is 12.1 Å². The molecule has 1 unspecified atom stereocenters. The van der Waals surface area contributed by atoms with Crippen LogP contribution >= 0.6 is 0 Å². The van der Waals surface area contributed by atoms with E-state index in [0.29, 0.717) is 6.54 Å². The van der Waals surface area contributed by atoms with Gasteiger partial charge in [0, 0.05) is 37.6 Å². The van der Waals surface area contributed by atoms with Crippen LogP contribution in [0.2, 0.25) is 0 Å². The van der Waals surface area contributed by atoms with Gasteiger partial charge in [-0.2, -0.15) is 0 Å². The van der Waals surface area contributed by atoms with Gasteiger partial charge >= 0.3 is 0 Å². The van der Waals surface area contributed by atoms with Crippen LogP contribution < -0.4 is 5.43 Å². The number of nitro benzene ring substituents is 1. The van der Waals surface area contributed by atoms with Gasteiger partial charge < -0.3 is 4.90 Å². The van der Waals surface area contributed by atoms with Crippen molar-refractivity contribution in [3.63, 3.8) is 0 Å². The van der Waals surface area contributed by atoms with E-state index >= 15 is 0 Å². The van der Waals surface area contributed by atoms with E-state index in [1.165, 1.54) is 0 Å². The highest BCUT2D eigenvalue weighted by molar-refractivity contribution is 5.44.